The Morgan fingerprint density at radius 3 is 2.41 bits per heavy atom. The van der Waals surface area contributed by atoms with Crippen molar-refractivity contribution in [2.75, 3.05) is 19.8 Å². The van der Waals surface area contributed by atoms with E-state index in [0.717, 1.165) is 32.1 Å². The van der Waals surface area contributed by atoms with Gasteiger partial charge in [-0.1, -0.05) is 74.0 Å². The minimum Gasteiger partial charge on any atom is -0.481 e. The zero-order valence-corrected chi connectivity index (χ0v) is 31.7. The summed E-state index contributed by atoms with van der Waals surface area (Å²) in [7, 11) is 0. The van der Waals surface area contributed by atoms with Crippen LogP contribution in [0, 0.1) is 62.6 Å². The van der Waals surface area contributed by atoms with Gasteiger partial charge in [-0.15, -0.1) is 0 Å². The van der Waals surface area contributed by atoms with Crippen LogP contribution >= 0.6 is 0 Å². The molecule has 2 bridgehead atoms. The molecule has 0 aromatic carbocycles. The van der Waals surface area contributed by atoms with E-state index in [0.29, 0.717) is 32.2 Å². The summed E-state index contributed by atoms with van der Waals surface area (Å²) < 4.78 is 15.3. The molecule has 2 heterocycles. The van der Waals surface area contributed by atoms with E-state index < -0.39 is 34.2 Å². The van der Waals surface area contributed by atoms with Gasteiger partial charge in [-0.05, 0) is 91.3 Å². The Labute approximate surface area is 293 Å². The number of nitrogens with two attached hydrogens (primary N) is 2. The van der Waals surface area contributed by atoms with Crippen molar-refractivity contribution in [2.24, 2.45) is 74.0 Å². The van der Waals surface area contributed by atoms with Gasteiger partial charge in [0.25, 0.3) is 5.91 Å². The number of carboxylic acid groups (broad SMARTS) is 1. The average Bonchev–Trinajstić information content (AvgIpc) is 3.50. The van der Waals surface area contributed by atoms with Gasteiger partial charge in [0, 0.05) is 16.4 Å². The first kappa shape index (κ1) is 36.5. The third kappa shape index (κ3) is 5.03. The van der Waals surface area contributed by atoms with Crippen LogP contribution in [0.5, 0.6) is 0 Å². The number of nitrogens with zero attached hydrogens (tertiary/aromatic N) is 3. The standard InChI is InChI=1S/C39H63N5O5/c1-22(2)24(5)34(6)15-16-36(8)25-11-12-28-35(7)18-48-20-39(28,26(25)13-14-37(36,9)29(34)33(46)47)17-27(44-32(31(40)45)42-21-43-44)30(35)49-19-38(10,41)23(3)4/h13,21-25,27-30H,11-12,14-20,41H2,1-10H3,(H2,40,45)(H,46,47)/t24-,25+,27-,28+,29-,30+,34-,35-,36-,37+,38-,39+/m1/s1. The molecule has 0 unspecified atom stereocenters. The molecule has 12 atom stereocenters. The topological polar surface area (TPSA) is 156 Å². The Hall–Kier alpha value is -2.30. The Kier molecular flexibility index (Phi) is 8.84. The van der Waals surface area contributed by atoms with Crippen LogP contribution in [0.3, 0.4) is 0 Å². The third-order valence-electron chi connectivity index (χ3n) is 16.1. The molecule has 1 aromatic rings. The highest BCUT2D eigenvalue weighted by atomic mass is 16.5. The molecule has 5 aliphatic rings. The fraction of sp³-hybridized carbons (Fsp3) is 0.846. The number of aliphatic carboxylic acids is 1. The summed E-state index contributed by atoms with van der Waals surface area (Å²) in [5, 5.41) is 15.7. The lowest BCUT2D eigenvalue weighted by atomic mass is 9.34. The molecule has 0 spiro atoms. The zero-order valence-electron chi connectivity index (χ0n) is 31.7. The van der Waals surface area contributed by atoms with E-state index in [9.17, 15) is 14.7 Å². The number of carbonyl (C=O) groups is 2. The lowest BCUT2D eigenvalue weighted by Crippen LogP contribution is -2.69. The van der Waals surface area contributed by atoms with Crippen LogP contribution in [-0.2, 0) is 14.3 Å². The molecule has 4 aliphatic carbocycles. The molecule has 1 amide bonds. The molecular formula is C39H63N5O5. The number of aromatic nitrogens is 3. The molecule has 1 aliphatic heterocycles. The van der Waals surface area contributed by atoms with Crippen LogP contribution in [0.1, 0.15) is 124 Å². The third-order valence-corrected chi connectivity index (χ3v) is 16.1. The SMILES string of the molecule is CC(C)[C@@H](C)[C@@]1(C)CC[C@]2(C)[C@H]3CC[C@@H]4[C@@]5(COC[C@@]4(C)[C@@H](OC[C@@](C)(N)C(C)C)[C@H](n4ncnc4C(N)=O)C5)C3=CC[C@@]2(C)[C@@H]1C(=O)O. The van der Waals surface area contributed by atoms with Crippen LogP contribution in [0.4, 0.5) is 0 Å². The number of fused-ring (bicyclic) bond motifs is 3. The van der Waals surface area contributed by atoms with Gasteiger partial charge in [-0.3, -0.25) is 9.59 Å². The monoisotopic (exact) mass is 681 g/mol. The number of allylic oxidation sites excluding steroid dienone is 1. The molecule has 4 fully saturated rings. The van der Waals surface area contributed by atoms with Gasteiger partial charge in [-0.2, -0.15) is 5.10 Å². The second-order valence-corrected chi connectivity index (χ2v) is 18.9. The van der Waals surface area contributed by atoms with E-state index in [1.807, 2.05) is 6.92 Å². The number of carbonyl (C=O) groups excluding carboxylic acids is 1. The Morgan fingerprint density at radius 2 is 1.80 bits per heavy atom. The lowest BCUT2D eigenvalue weighted by Gasteiger charge is -2.71. The molecule has 0 radical (unpaired) electrons. The van der Waals surface area contributed by atoms with Gasteiger partial charge in [-0.25, -0.2) is 9.67 Å². The number of primary amides is 1. The van der Waals surface area contributed by atoms with Crippen molar-refractivity contribution in [3.05, 3.63) is 23.8 Å². The van der Waals surface area contributed by atoms with Crippen molar-refractivity contribution in [2.45, 2.75) is 125 Å². The Bertz CT molecular complexity index is 1500. The highest BCUT2D eigenvalue weighted by Gasteiger charge is 2.72. The number of hydrogen-bond acceptors (Lipinski definition) is 7. The van der Waals surface area contributed by atoms with Gasteiger partial charge in [0.15, 0.2) is 0 Å². The second kappa shape index (κ2) is 11.9. The van der Waals surface area contributed by atoms with Crippen molar-refractivity contribution in [1.82, 2.24) is 14.8 Å². The van der Waals surface area contributed by atoms with Crippen LogP contribution in [0.15, 0.2) is 18.0 Å². The number of hydrogen-bond donors (Lipinski definition) is 3. The van der Waals surface area contributed by atoms with Crippen molar-refractivity contribution < 1.29 is 24.2 Å². The van der Waals surface area contributed by atoms with Crippen LogP contribution in [0.25, 0.3) is 0 Å². The predicted octanol–water partition coefficient (Wildman–Crippen LogP) is 6.27. The Morgan fingerprint density at radius 1 is 1.10 bits per heavy atom. The molecule has 1 saturated heterocycles. The maximum Gasteiger partial charge on any atom is 0.307 e. The first-order chi connectivity index (χ1) is 22.7. The largest absolute Gasteiger partial charge is 0.481 e. The highest BCUT2D eigenvalue weighted by molar-refractivity contribution is 5.89. The molecule has 6 rings (SSSR count). The van der Waals surface area contributed by atoms with Gasteiger partial charge in [0.1, 0.15) is 6.33 Å². The fourth-order valence-electron chi connectivity index (χ4n) is 12.2. The zero-order chi connectivity index (χ0) is 36.1. The smallest absolute Gasteiger partial charge is 0.307 e. The molecule has 49 heavy (non-hydrogen) atoms. The van der Waals surface area contributed by atoms with Crippen molar-refractivity contribution >= 4 is 11.9 Å². The van der Waals surface area contributed by atoms with Gasteiger partial charge in [0.2, 0.25) is 5.82 Å². The van der Waals surface area contributed by atoms with Crippen LogP contribution in [0.2, 0.25) is 0 Å². The summed E-state index contributed by atoms with van der Waals surface area (Å²) in [6.45, 7) is 23.7. The Balaban J connectivity index is 1.47. The summed E-state index contributed by atoms with van der Waals surface area (Å²) in [5.74, 6) is -0.200. The number of amides is 1. The first-order valence-electron chi connectivity index (χ1n) is 18.8. The van der Waals surface area contributed by atoms with Gasteiger partial charge >= 0.3 is 5.97 Å². The van der Waals surface area contributed by atoms with Crippen molar-refractivity contribution in [1.29, 1.82) is 0 Å². The highest BCUT2D eigenvalue weighted by Crippen LogP contribution is 2.75. The summed E-state index contributed by atoms with van der Waals surface area (Å²) in [4.78, 5) is 30.4. The summed E-state index contributed by atoms with van der Waals surface area (Å²) in [5.41, 5.74) is 11.9. The van der Waals surface area contributed by atoms with E-state index in [4.69, 9.17) is 20.9 Å². The molecular weight excluding hydrogens is 618 g/mol. The van der Waals surface area contributed by atoms with E-state index in [1.54, 1.807) is 4.68 Å². The normalized spacial score (nSPS) is 43.5. The summed E-state index contributed by atoms with van der Waals surface area (Å²) >= 11 is 0. The van der Waals surface area contributed by atoms with Gasteiger partial charge < -0.3 is 26.0 Å². The van der Waals surface area contributed by atoms with Crippen molar-refractivity contribution in [3.63, 3.8) is 0 Å². The van der Waals surface area contributed by atoms with E-state index in [2.05, 4.69) is 78.5 Å². The van der Waals surface area contributed by atoms with E-state index in [-0.39, 0.29) is 57.9 Å². The maximum atomic E-state index is 13.5. The number of rotatable bonds is 9. The quantitative estimate of drug-likeness (QED) is 0.258. The minimum absolute atomic E-state index is 0.134. The van der Waals surface area contributed by atoms with Crippen LogP contribution in [-0.4, -0.2) is 63.2 Å². The molecule has 10 heteroatoms. The molecule has 5 N–H and O–H groups in total. The maximum absolute atomic E-state index is 13.5. The molecule has 1 aromatic heterocycles. The van der Waals surface area contributed by atoms with Gasteiger partial charge in [0.05, 0.1) is 37.9 Å². The fourth-order valence-corrected chi connectivity index (χ4v) is 12.2. The van der Waals surface area contributed by atoms with E-state index >= 15 is 0 Å². The van der Waals surface area contributed by atoms with Crippen molar-refractivity contribution in [3.8, 4) is 0 Å². The lowest BCUT2D eigenvalue weighted by molar-refractivity contribution is -0.252. The number of carboxylic acids is 1. The molecule has 10 nitrogen and oxygen atoms in total. The summed E-state index contributed by atoms with van der Waals surface area (Å²) in [6.07, 6.45) is 8.82. The second-order valence-electron chi connectivity index (χ2n) is 18.9. The first-order valence-corrected chi connectivity index (χ1v) is 18.8. The molecule has 3 saturated carbocycles. The molecule has 274 valence electrons. The van der Waals surface area contributed by atoms with Crippen LogP contribution < -0.4 is 11.5 Å². The predicted molar refractivity (Wildman–Crippen MR) is 188 cm³/mol. The average molecular weight is 682 g/mol. The van der Waals surface area contributed by atoms with E-state index in [1.165, 1.54) is 11.9 Å². The minimum atomic E-state index is -0.656. The number of ether oxygens (including phenoxy) is 2. The summed E-state index contributed by atoms with van der Waals surface area (Å²) in [6, 6.07) is -0.313.